The van der Waals surface area contributed by atoms with Crippen LogP contribution in [0.25, 0.3) is 0 Å². The molecule has 0 heterocycles. The van der Waals surface area contributed by atoms with E-state index in [0.717, 1.165) is 6.54 Å². The quantitative estimate of drug-likeness (QED) is 0.872. The lowest BCUT2D eigenvalue weighted by Gasteiger charge is -2.38. The zero-order valence-corrected chi connectivity index (χ0v) is 13.5. The Morgan fingerprint density at radius 3 is 2.33 bits per heavy atom. The SMILES string of the molecule is CC(N)C(C)C(=O)N(CC1CCC1)C(C)c1ccccc1. The minimum atomic E-state index is -0.128. The van der Waals surface area contributed by atoms with Crippen LogP contribution in [-0.2, 0) is 4.79 Å². The van der Waals surface area contributed by atoms with E-state index in [1.54, 1.807) is 0 Å². The van der Waals surface area contributed by atoms with Crippen LogP contribution in [0, 0.1) is 11.8 Å². The van der Waals surface area contributed by atoms with Crippen molar-refractivity contribution in [1.82, 2.24) is 4.90 Å². The van der Waals surface area contributed by atoms with Gasteiger partial charge in [-0.15, -0.1) is 0 Å². The highest BCUT2D eigenvalue weighted by molar-refractivity contribution is 5.79. The molecule has 0 aromatic heterocycles. The van der Waals surface area contributed by atoms with Crippen LogP contribution in [-0.4, -0.2) is 23.4 Å². The van der Waals surface area contributed by atoms with Crippen molar-refractivity contribution in [2.45, 2.75) is 52.1 Å². The predicted octanol–water partition coefficient (Wildman–Crippen LogP) is 3.36. The molecule has 1 amide bonds. The second-order valence-corrected chi connectivity index (χ2v) is 6.52. The predicted molar refractivity (Wildman–Crippen MR) is 86.7 cm³/mol. The lowest BCUT2D eigenvalue weighted by Crippen LogP contribution is -2.45. The van der Waals surface area contributed by atoms with E-state index in [1.807, 2.05) is 36.9 Å². The van der Waals surface area contributed by atoms with Gasteiger partial charge in [0.2, 0.25) is 5.91 Å². The number of nitrogens with zero attached hydrogens (tertiary/aromatic N) is 1. The first-order valence-corrected chi connectivity index (χ1v) is 8.11. The zero-order valence-electron chi connectivity index (χ0n) is 13.5. The van der Waals surface area contributed by atoms with Crippen molar-refractivity contribution in [3.63, 3.8) is 0 Å². The Hall–Kier alpha value is -1.35. The largest absolute Gasteiger partial charge is 0.335 e. The van der Waals surface area contributed by atoms with Gasteiger partial charge in [0.1, 0.15) is 0 Å². The van der Waals surface area contributed by atoms with Crippen LogP contribution in [0.4, 0.5) is 0 Å². The Balaban J connectivity index is 2.16. The fourth-order valence-electron chi connectivity index (χ4n) is 2.79. The lowest BCUT2D eigenvalue weighted by atomic mass is 9.84. The number of carbonyl (C=O) groups is 1. The number of hydrogen-bond acceptors (Lipinski definition) is 2. The zero-order chi connectivity index (χ0) is 15.4. The summed E-state index contributed by atoms with van der Waals surface area (Å²) in [6, 6.07) is 10.3. The number of amides is 1. The van der Waals surface area contributed by atoms with Crippen molar-refractivity contribution < 1.29 is 4.79 Å². The van der Waals surface area contributed by atoms with Crippen LogP contribution in [0.2, 0.25) is 0 Å². The van der Waals surface area contributed by atoms with Crippen molar-refractivity contribution >= 4 is 5.91 Å². The van der Waals surface area contributed by atoms with Crippen LogP contribution >= 0.6 is 0 Å². The molecular formula is C18H28N2O. The maximum atomic E-state index is 12.8. The fourth-order valence-corrected chi connectivity index (χ4v) is 2.79. The molecule has 0 saturated heterocycles. The highest BCUT2D eigenvalue weighted by Crippen LogP contribution is 2.31. The maximum Gasteiger partial charge on any atom is 0.227 e. The molecule has 116 valence electrons. The molecule has 21 heavy (non-hydrogen) atoms. The van der Waals surface area contributed by atoms with Crippen LogP contribution in [0.3, 0.4) is 0 Å². The minimum Gasteiger partial charge on any atom is -0.335 e. The summed E-state index contributed by atoms with van der Waals surface area (Å²) in [5, 5.41) is 0. The Bertz CT molecular complexity index is 454. The number of carbonyl (C=O) groups excluding carboxylic acids is 1. The average Bonchev–Trinajstić information content (AvgIpc) is 2.45. The normalized spacial score (nSPS) is 19.4. The third-order valence-electron chi connectivity index (χ3n) is 4.89. The number of rotatable bonds is 6. The first kappa shape index (κ1) is 16.0. The Kier molecular flexibility index (Phi) is 5.40. The van der Waals surface area contributed by atoms with Gasteiger partial charge in [-0.3, -0.25) is 4.79 Å². The molecule has 1 saturated carbocycles. The summed E-state index contributed by atoms with van der Waals surface area (Å²) in [4.78, 5) is 14.9. The van der Waals surface area contributed by atoms with Gasteiger partial charge in [-0.1, -0.05) is 43.7 Å². The fraction of sp³-hybridized carbons (Fsp3) is 0.611. The Morgan fingerprint density at radius 2 is 1.86 bits per heavy atom. The summed E-state index contributed by atoms with van der Waals surface area (Å²) in [7, 11) is 0. The molecule has 0 radical (unpaired) electrons. The molecule has 3 nitrogen and oxygen atoms in total. The van der Waals surface area contributed by atoms with Crippen molar-refractivity contribution in [2.75, 3.05) is 6.54 Å². The molecule has 1 aliphatic rings. The van der Waals surface area contributed by atoms with E-state index in [9.17, 15) is 4.79 Å². The molecule has 1 aromatic rings. The van der Waals surface area contributed by atoms with Gasteiger partial charge in [-0.25, -0.2) is 0 Å². The average molecular weight is 288 g/mol. The maximum absolute atomic E-state index is 12.8. The molecule has 3 heteroatoms. The van der Waals surface area contributed by atoms with Gasteiger partial charge in [-0.2, -0.15) is 0 Å². The molecule has 2 rings (SSSR count). The smallest absolute Gasteiger partial charge is 0.227 e. The monoisotopic (exact) mass is 288 g/mol. The highest BCUT2D eigenvalue weighted by atomic mass is 16.2. The minimum absolute atomic E-state index is 0.107. The number of benzene rings is 1. The lowest BCUT2D eigenvalue weighted by molar-refractivity contribution is -0.139. The molecular weight excluding hydrogens is 260 g/mol. The van der Waals surface area contributed by atoms with Gasteiger partial charge in [0.25, 0.3) is 0 Å². The standard InChI is InChI=1S/C18H28N2O/c1-13(14(2)19)18(21)20(12-16-8-7-9-16)15(3)17-10-5-4-6-11-17/h4-6,10-11,13-16H,7-9,12,19H2,1-3H3. The van der Waals surface area contributed by atoms with Crippen molar-refractivity contribution in [2.24, 2.45) is 17.6 Å². The first-order valence-electron chi connectivity index (χ1n) is 8.11. The van der Waals surface area contributed by atoms with E-state index in [4.69, 9.17) is 5.73 Å². The Morgan fingerprint density at radius 1 is 1.24 bits per heavy atom. The van der Waals surface area contributed by atoms with Crippen LogP contribution in [0.15, 0.2) is 30.3 Å². The molecule has 3 unspecified atom stereocenters. The summed E-state index contributed by atoms with van der Waals surface area (Å²) < 4.78 is 0. The third-order valence-corrected chi connectivity index (χ3v) is 4.89. The summed E-state index contributed by atoms with van der Waals surface area (Å²) in [5.74, 6) is 0.727. The number of nitrogens with two attached hydrogens (primary N) is 1. The molecule has 0 spiro atoms. The Labute approximate surface area is 128 Å². The second kappa shape index (κ2) is 7.08. The van der Waals surface area contributed by atoms with Crippen molar-refractivity contribution in [1.29, 1.82) is 0 Å². The highest BCUT2D eigenvalue weighted by Gasteiger charge is 2.31. The van der Waals surface area contributed by atoms with Gasteiger partial charge >= 0.3 is 0 Å². The van der Waals surface area contributed by atoms with E-state index >= 15 is 0 Å². The molecule has 0 aliphatic heterocycles. The summed E-state index contributed by atoms with van der Waals surface area (Å²) in [5.41, 5.74) is 7.14. The van der Waals surface area contributed by atoms with E-state index in [2.05, 4.69) is 19.1 Å². The molecule has 1 aromatic carbocycles. The number of hydrogen-bond donors (Lipinski definition) is 1. The first-order chi connectivity index (χ1) is 10.0. The van der Waals surface area contributed by atoms with Crippen molar-refractivity contribution in [3.05, 3.63) is 35.9 Å². The van der Waals surface area contributed by atoms with E-state index < -0.39 is 0 Å². The molecule has 0 bridgehead atoms. The molecule has 1 aliphatic carbocycles. The second-order valence-electron chi connectivity index (χ2n) is 6.52. The van der Waals surface area contributed by atoms with Crippen molar-refractivity contribution in [3.8, 4) is 0 Å². The molecule has 3 atom stereocenters. The summed E-state index contributed by atoms with van der Waals surface area (Å²) >= 11 is 0. The van der Waals surface area contributed by atoms with E-state index in [-0.39, 0.29) is 23.9 Å². The van der Waals surface area contributed by atoms with Crippen LogP contribution in [0.5, 0.6) is 0 Å². The van der Waals surface area contributed by atoms with Gasteiger partial charge in [-0.05, 0) is 38.2 Å². The third kappa shape index (κ3) is 3.85. The van der Waals surface area contributed by atoms with E-state index in [0.29, 0.717) is 5.92 Å². The van der Waals surface area contributed by atoms with E-state index in [1.165, 1.54) is 24.8 Å². The van der Waals surface area contributed by atoms with Gasteiger partial charge < -0.3 is 10.6 Å². The van der Waals surface area contributed by atoms with Crippen LogP contribution in [0.1, 0.15) is 51.6 Å². The topological polar surface area (TPSA) is 46.3 Å². The molecule has 2 N–H and O–H groups in total. The van der Waals surface area contributed by atoms with Gasteiger partial charge in [0, 0.05) is 12.6 Å². The summed E-state index contributed by atoms with van der Waals surface area (Å²) in [6.07, 6.45) is 3.80. The molecule has 1 fully saturated rings. The van der Waals surface area contributed by atoms with Gasteiger partial charge in [0.15, 0.2) is 0 Å². The van der Waals surface area contributed by atoms with Crippen LogP contribution < -0.4 is 5.73 Å². The van der Waals surface area contributed by atoms with Gasteiger partial charge in [0.05, 0.1) is 12.0 Å². The summed E-state index contributed by atoms with van der Waals surface area (Å²) in [6.45, 7) is 6.85.